The number of amides is 2. The molecule has 0 aliphatic carbocycles. The molecule has 2 aromatic carbocycles. The van der Waals surface area contributed by atoms with E-state index in [1.807, 2.05) is 0 Å². The Kier molecular flexibility index (Phi) is 4.79. The van der Waals surface area contributed by atoms with Crippen LogP contribution in [0.2, 0.25) is 5.02 Å². The zero-order valence-corrected chi connectivity index (χ0v) is 11.9. The summed E-state index contributed by atoms with van der Waals surface area (Å²) in [6, 6.07) is 13.5. The lowest BCUT2D eigenvalue weighted by Gasteiger charge is -2.08. The van der Waals surface area contributed by atoms with E-state index in [0.29, 0.717) is 16.3 Å². The summed E-state index contributed by atoms with van der Waals surface area (Å²) < 4.78 is 0. The molecule has 0 spiro atoms. The van der Waals surface area contributed by atoms with Gasteiger partial charge in [0.25, 0.3) is 0 Å². The number of primary amides is 1. The highest BCUT2D eigenvalue weighted by molar-refractivity contribution is 6.30. The Bertz CT molecular complexity index is 656. The molecule has 0 radical (unpaired) electrons. The van der Waals surface area contributed by atoms with Crippen molar-refractivity contribution in [2.45, 2.75) is 0 Å². The highest BCUT2D eigenvalue weighted by atomic mass is 35.5. The fourth-order valence-electron chi connectivity index (χ4n) is 1.71. The van der Waals surface area contributed by atoms with Gasteiger partial charge in [-0.05, 0) is 42.5 Å². The maximum atomic E-state index is 11.8. The van der Waals surface area contributed by atoms with E-state index in [9.17, 15) is 9.59 Å². The van der Waals surface area contributed by atoms with Crippen molar-refractivity contribution < 1.29 is 9.59 Å². The average Bonchev–Trinajstić information content (AvgIpc) is 2.45. The molecule has 0 fully saturated rings. The lowest BCUT2D eigenvalue weighted by Crippen LogP contribution is -2.21. The van der Waals surface area contributed by atoms with Crippen LogP contribution in [-0.2, 0) is 4.79 Å². The van der Waals surface area contributed by atoms with Crippen molar-refractivity contribution in [3.63, 3.8) is 0 Å². The van der Waals surface area contributed by atoms with Gasteiger partial charge in [0.1, 0.15) is 0 Å². The SMILES string of the molecule is NC(=O)c1ccc(NCC(=O)Nc2cccc(Cl)c2)cc1. The lowest BCUT2D eigenvalue weighted by molar-refractivity contribution is -0.114. The second kappa shape index (κ2) is 6.76. The Hall–Kier alpha value is -2.53. The standard InChI is InChI=1S/C15H14ClN3O2/c16-11-2-1-3-13(8-11)19-14(20)9-18-12-6-4-10(5-7-12)15(17)21/h1-8,18H,9H2,(H2,17,21)(H,19,20). The first-order valence-corrected chi connectivity index (χ1v) is 6.61. The third-order valence-corrected chi connectivity index (χ3v) is 2.97. The molecule has 4 N–H and O–H groups in total. The van der Waals surface area contributed by atoms with Crippen molar-refractivity contribution >= 4 is 34.8 Å². The number of anilines is 2. The first-order valence-electron chi connectivity index (χ1n) is 6.24. The number of rotatable bonds is 5. The van der Waals surface area contributed by atoms with E-state index in [4.69, 9.17) is 17.3 Å². The van der Waals surface area contributed by atoms with Crippen LogP contribution in [0.4, 0.5) is 11.4 Å². The number of carbonyl (C=O) groups excluding carboxylic acids is 2. The van der Waals surface area contributed by atoms with Crippen molar-refractivity contribution in [3.05, 3.63) is 59.1 Å². The molecular formula is C15H14ClN3O2. The van der Waals surface area contributed by atoms with Crippen molar-refractivity contribution in [2.75, 3.05) is 17.2 Å². The topological polar surface area (TPSA) is 84.2 Å². The monoisotopic (exact) mass is 303 g/mol. The summed E-state index contributed by atoms with van der Waals surface area (Å²) in [5, 5.41) is 6.23. The van der Waals surface area contributed by atoms with Crippen molar-refractivity contribution in [2.24, 2.45) is 5.73 Å². The number of carbonyl (C=O) groups is 2. The van der Waals surface area contributed by atoms with Crippen LogP contribution in [0.25, 0.3) is 0 Å². The minimum absolute atomic E-state index is 0.0996. The van der Waals surface area contributed by atoms with Gasteiger partial charge >= 0.3 is 0 Å². The predicted molar refractivity (Wildman–Crippen MR) is 83.5 cm³/mol. The van der Waals surface area contributed by atoms with E-state index >= 15 is 0 Å². The molecule has 0 unspecified atom stereocenters. The van der Waals surface area contributed by atoms with Gasteiger partial charge in [-0.2, -0.15) is 0 Å². The maximum Gasteiger partial charge on any atom is 0.248 e. The number of benzene rings is 2. The fourth-order valence-corrected chi connectivity index (χ4v) is 1.90. The van der Waals surface area contributed by atoms with Gasteiger partial charge in [-0.25, -0.2) is 0 Å². The molecule has 2 aromatic rings. The molecule has 0 saturated heterocycles. The summed E-state index contributed by atoms with van der Waals surface area (Å²) in [5.74, 6) is -0.684. The molecule has 0 aliphatic rings. The zero-order chi connectivity index (χ0) is 15.2. The van der Waals surface area contributed by atoms with Gasteiger partial charge in [0, 0.05) is 22.0 Å². The molecule has 0 heterocycles. The number of halogens is 1. The van der Waals surface area contributed by atoms with Crippen LogP contribution in [0.5, 0.6) is 0 Å². The van der Waals surface area contributed by atoms with E-state index in [1.54, 1.807) is 48.5 Å². The van der Waals surface area contributed by atoms with Gasteiger partial charge in [0.05, 0.1) is 6.54 Å². The maximum absolute atomic E-state index is 11.8. The van der Waals surface area contributed by atoms with Gasteiger partial charge in [-0.1, -0.05) is 17.7 Å². The molecule has 0 aromatic heterocycles. The summed E-state index contributed by atoms with van der Waals surface area (Å²) in [6.45, 7) is 0.0996. The minimum Gasteiger partial charge on any atom is -0.376 e. The summed E-state index contributed by atoms with van der Waals surface area (Å²) in [4.78, 5) is 22.7. The minimum atomic E-state index is -0.486. The Morgan fingerprint density at radius 1 is 1.05 bits per heavy atom. The predicted octanol–water partition coefficient (Wildman–Crippen LogP) is 2.49. The zero-order valence-electron chi connectivity index (χ0n) is 11.1. The van der Waals surface area contributed by atoms with Crippen LogP contribution in [0, 0.1) is 0 Å². The highest BCUT2D eigenvalue weighted by Gasteiger charge is 2.04. The first kappa shape index (κ1) is 14.9. The summed E-state index contributed by atoms with van der Waals surface area (Å²) >= 11 is 5.84. The number of hydrogen-bond donors (Lipinski definition) is 3. The quantitative estimate of drug-likeness (QED) is 0.793. The van der Waals surface area contributed by atoms with Gasteiger partial charge in [-0.3, -0.25) is 9.59 Å². The van der Waals surface area contributed by atoms with Crippen molar-refractivity contribution in [3.8, 4) is 0 Å². The van der Waals surface area contributed by atoms with Gasteiger partial charge in [0.2, 0.25) is 11.8 Å². The number of hydrogen-bond acceptors (Lipinski definition) is 3. The van der Waals surface area contributed by atoms with Gasteiger partial charge in [0.15, 0.2) is 0 Å². The molecule has 21 heavy (non-hydrogen) atoms. The Morgan fingerprint density at radius 3 is 2.38 bits per heavy atom. The van der Waals surface area contributed by atoms with Crippen LogP contribution in [0.3, 0.4) is 0 Å². The molecule has 0 aliphatic heterocycles. The molecule has 2 amide bonds. The first-order chi connectivity index (χ1) is 10.0. The third kappa shape index (κ3) is 4.50. The van der Waals surface area contributed by atoms with Crippen molar-refractivity contribution in [1.82, 2.24) is 0 Å². The second-order valence-electron chi connectivity index (χ2n) is 4.35. The van der Waals surface area contributed by atoms with E-state index in [1.165, 1.54) is 0 Å². The molecule has 2 rings (SSSR count). The summed E-state index contributed by atoms with van der Waals surface area (Å²) in [7, 11) is 0. The average molecular weight is 304 g/mol. The van der Waals surface area contributed by atoms with E-state index in [2.05, 4.69) is 10.6 Å². The van der Waals surface area contributed by atoms with Crippen LogP contribution >= 0.6 is 11.6 Å². The Labute approximate surface area is 127 Å². The van der Waals surface area contributed by atoms with Crippen LogP contribution in [-0.4, -0.2) is 18.4 Å². The summed E-state index contributed by atoms with van der Waals surface area (Å²) in [6.07, 6.45) is 0. The van der Waals surface area contributed by atoms with Crippen LogP contribution in [0.15, 0.2) is 48.5 Å². The largest absolute Gasteiger partial charge is 0.376 e. The molecule has 108 valence electrons. The van der Waals surface area contributed by atoms with E-state index in [-0.39, 0.29) is 12.5 Å². The normalized spacial score (nSPS) is 9.95. The molecule has 6 heteroatoms. The molecule has 0 saturated carbocycles. The molecule has 0 bridgehead atoms. The van der Waals surface area contributed by atoms with E-state index in [0.717, 1.165) is 5.69 Å². The van der Waals surface area contributed by atoms with E-state index < -0.39 is 5.91 Å². The Morgan fingerprint density at radius 2 is 1.76 bits per heavy atom. The number of nitrogens with one attached hydrogen (secondary N) is 2. The molecule has 0 atom stereocenters. The van der Waals surface area contributed by atoms with Crippen molar-refractivity contribution in [1.29, 1.82) is 0 Å². The third-order valence-electron chi connectivity index (χ3n) is 2.73. The molecule has 5 nitrogen and oxygen atoms in total. The molecular weight excluding hydrogens is 290 g/mol. The Balaban J connectivity index is 1.87. The van der Waals surface area contributed by atoms with Crippen LogP contribution < -0.4 is 16.4 Å². The fraction of sp³-hybridized carbons (Fsp3) is 0.0667. The highest BCUT2D eigenvalue weighted by Crippen LogP contribution is 2.15. The number of nitrogens with two attached hydrogens (primary N) is 1. The van der Waals surface area contributed by atoms with Gasteiger partial charge < -0.3 is 16.4 Å². The second-order valence-corrected chi connectivity index (χ2v) is 4.79. The lowest BCUT2D eigenvalue weighted by atomic mass is 10.2. The smallest absolute Gasteiger partial charge is 0.248 e. The van der Waals surface area contributed by atoms with Crippen LogP contribution in [0.1, 0.15) is 10.4 Å². The van der Waals surface area contributed by atoms with Gasteiger partial charge in [-0.15, -0.1) is 0 Å². The summed E-state index contributed by atoms with van der Waals surface area (Å²) in [5.41, 5.74) is 6.93.